The minimum Gasteiger partial charge on any atom is -0.422 e. The molecule has 1 amide bonds. The Kier molecular flexibility index (Phi) is 4.12. The maximum absolute atomic E-state index is 12.3. The highest BCUT2D eigenvalue weighted by Gasteiger charge is 2.25. The number of benzene rings is 1. The van der Waals surface area contributed by atoms with Crippen molar-refractivity contribution in [3.05, 3.63) is 74.8 Å². The van der Waals surface area contributed by atoms with E-state index in [9.17, 15) is 14.4 Å². The molecule has 0 unspecified atom stereocenters. The molecule has 3 aromatic rings. The lowest BCUT2D eigenvalue weighted by molar-refractivity contribution is 0.0948. The van der Waals surface area contributed by atoms with Crippen molar-refractivity contribution in [2.24, 2.45) is 0 Å². The molecule has 2 heterocycles. The molecule has 1 saturated carbocycles. The summed E-state index contributed by atoms with van der Waals surface area (Å²) in [5, 5.41) is 3.32. The first kappa shape index (κ1) is 16.3. The highest BCUT2D eigenvalue weighted by atomic mass is 16.4. The van der Waals surface area contributed by atoms with E-state index in [2.05, 4.69) is 10.3 Å². The van der Waals surface area contributed by atoms with Crippen molar-refractivity contribution in [3.63, 3.8) is 0 Å². The Morgan fingerprint density at radius 2 is 2.04 bits per heavy atom. The molecule has 26 heavy (non-hydrogen) atoms. The summed E-state index contributed by atoms with van der Waals surface area (Å²) in [6.45, 7) is 0.483. The molecule has 0 atom stereocenters. The van der Waals surface area contributed by atoms with Gasteiger partial charge in [-0.3, -0.25) is 14.2 Å². The van der Waals surface area contributed by atoms with Gasteiger partial charge in [-0.25, -0.2) is 9.78 Å². The normalized spacial score (nSPS) is 13.7. The predicted octanol–water partition coefficient (Wildman–Crippen LogP) is 1.66. The van der Waals surface area contributed by atoms with Crippen LogP contribution in [0.5, 0.6) is 0 Å². The lowest BCUT2D eigenvalue weighted by Crippen LogP contribution is -2.33. The molecule has 0 saturated heterocycles. The number of fused-ring (bicyclic) bond motifs is 1. The van der Waals surface area contributed by atoms with Crippen LogP contribution in [0.4, 0.5) is 0 Å². The van der Waals surface area contributed by atoms with Gasteiger partial charge in [-0.15, -0.1) is 0 Å². The molecule has 132 valence electrons. The Morgan fingerprint density at radius 1 is 1.23 bits per heavy atom. The topological polar surface area (TPSA) is 94.2 Å². The monoisotopic (exact) mass is 351 g/mol. The summed E-state index contributed by atoms with van der Waals surface area (Å²) in [6.07, 6.45) is 3.67. The fourth-order valence-electron chi connectivity index (χ4n) is 2.82. The molecule has 0 spiro atoms. The van der Waals surface area contributed by atoms with E-state index in [0.717, 1.165) is 18.5 Å². The van der Waals surface area contributed by atoms with Gasteiger partial charge in [-0.05, 0) is 25.0 Å². The van der Waals surface area contributed by atoms with Gasteiger partial charge in [0.1, 0.15) is 11.1 Å². The Hall–Kier alpha value is -3.22. The molecule has 1 N–H and O–H groups in total. The molecule has 1 aliphatic rings. The second-order valence-electron chi connectivity index (χ2n) is 6.36. The molecule has 0 aliphatic heterocycles. The molecule has 0 radical (unpaired) electrons. The highest BCUT2D eigenvalue weighted by molar-refractivity contribution is 5.96. The minimum absolute atomic E-state index is 0.0572. The number of hydrogen-bond donors (Lipinski definition) is 1. The van der Waals surface area contributed by atoms with Crippen molar-refractivity contribution in [3.8, 4) is 0 Å². The van der Waals surface area contributed by atoms with Gasteiger partial charge in [-0.1, -0.05) is 18.2 Å². The predicted molar refractivity (Wildman–Crippen MR) is 95.3 cm³/mol. The molecule has 7 heteroatoms. The molecular weight excluding hydrogens is 334 g/mol. The smallest absolute Gasteiger partial charge is 0.349 e. The first-order valence-electron chi connectivity index (χ1n) is 8.49. The first-order valence-corrected chi connectivity index (χ1v) is 8.49. The lowest BCUT2D eigenvalue weighted by Gasteiger charge is -2.08. The van der Waals surface area contributed by atoms with Gasteiger partial charge >= 0.3 is 5.63 Å². The van der Waals surface area contributed by atoms with E-state index in [-0.39, 0.29) is 24.2 Å². The van der Waals surface area contributed by atoms with E-state index in [1.807, 2.05) is 0 Å². The van der Waals surface area contributed by atoms with Gasteiger partial charge in [0.15, 0.2) is 0 Å². The third kappa shape index (κ3) is 3.28. The Bertz CT molecular complexity index is 1100. The summed E-state index contributed by atoms with van der Waals surface area (Å²) in [5.41, 5.74) is 0.389. The van der Waals surface area contributed by atoms with Gasteiger partial charge in [0.05, 0.1) is 12.0 Å². The lowest BCUT2D eigenvalue weighted by atomic mass is 10.2. The highest BCUT2D eigenvalue weighted by Crippen LogP contribution is 2.38. The van der Waals surface area contributed by atoms with E-state index in [4.69, 9.17) is 4.42 Å². The number of rotatable bonds is 5. The Morgan fingerprint density at radius 3 is 2.81 bits per heavy atom. The average Bonchev–Trinajstić information content (AvgIpc) is 3.47. The summed E-state index contributed by atoms with van der Waals surface area (Å²) in [5.74, 6) is -0.107. The zero-order chi connectivity index (χ0) is 18.1. The largest absolute Gasteiger partial charge is 0.422 e. The molecule has 1 aromatic carbocycles. The third-order valence-corrected chi connectivity index (χ3v) is 4.42. The second kappa shape index (κ2) is 6.59. The molecule has 0 bridgehead atoms. The Balaban J connectivity index is 1.43. The summed E-state index contributed by atoms with van der Waals surface area (Å²) < 4.78 is 6.60. The van der Waals surface area contributed by atoms with Crippen LogP contribution in [0.2, 0.25) is 0 Å². The van der Waals surface area contributed by atoms with E-state index < -0.39 is 11.5 Å². The maximum atomic E-state index is 12.3. The van der Waals surface area contributed by atoms with Gasteiger partial charge < -0.3 is 9.73 Å². The number of amides is 1. The van der Waals surface area contributed by atoms with Crippen LogP contribution in [0, 0.1) is 0 Å². The van der Waals surface area contributed by atoms with Crippen molar-refractivity contribution < 1.29 is 9.21 Å². The van der Waals surface area contributed by atoms with Gasteiger partial charge in [0, 0.05) is 30.5 Å². The fraction of sp³-hybridized carbons (Fsp3) is 0.263. The second-order valence-corrected chi connectivity index (χ2v) is 6.36. The van der Waals surface area contributed by atoms with Crippen LogP contribution in [0.25, 0.3) is 11.0 Å². The van der Waals surface area contributed by atoms with Crippen molar-refractivity contribution in [1.82, 2.24) is 14.9 Å². The SMILES string of the molecule is O=C(NCCn1cnc(C2CC2)cc1=O)c1cc2ccccc2oc1=O. The van der Waals surface area contributed by atoms with Crippen LogP contribution < -0.4 is 16.5 Å². The van der Waals surface area contributed by atoms with Crippen LogP contribution in [-0.4, -0.2) is 22.0 Å². The zero-order valence-electron chi connectivity index (χ0n) is 14.0. The van der Waals surface area contributed by atoms with E-state index >= 15 is 0 Å². The quantitative estimate of drug-likeness (QED) is 0.706. The first-order chi connectivity index (χ1) is 12.6. The fourth-order valence-corrected chi connectivity index (χ4v) is 2.82. The van der Waals surface area contributed by atoms with Crippen molar-refractivity contribution in [2.45, 2.75) is 25.3 Å². The molecule has 7 nitrogen and oxygen atoms in total. The van der Waals surface area contributed by atoms with E-state index in [1.165, 1.54) is 17.0 Å². The molecule has 1 fully saturated rings. The van der Waals surface area contributed by atoms with Crippen LogP contribution in [0.3, 0.4) is 0 Å². The number of nitrogens with one attached hydrogen (secondary N) is 1. The maximum Gasteiger partial charge on any atom is 0.349 e. The molecular formula is C19H17N3O4. The standard InChI is InChI=1S/C19H17N3O4/c23-17-10-15(12-5-6-12)21-11-22(17)8-7-20-18(24)14-9-13-3-1-2-4-16(13)26-19(14)25/h1-4,9-12H,5-8H2,(H,20,24). The van der Waals surface area contributed by atoms with Gasteiger partial charge in [-0.2, -0.15) is 0 Å². The molecule has 1 aliphatic carbocycles. The molecule has 4 rings (SSSR count). The average molecular weight is 351 g/mol. The number of aromatic nitrogens is 2. The number of carbonyl (C=O) groups is 1. The Labute approximate surface area is 148 Å². The number of nitrogens with zero attached hydrogens (tertiary/aromatic N) is 2. The number of carbonyl (C=O) groups excluding carboxylic acids is 1. The zero-order valence-corrected chi connectivity index (χ0v) is 14.0. The van der Waals surface area contributed by atoms with Gasteiger partial charge in [0.2, 0.25) is 0 Å². The summed E-state index contributed by atoms with van der Waals surface area (Å²) in [6, 6.07) is 10.1. The molecule has 2 aromatic heterocycles. The van der Waals surface area contributed by atoms with Crippen molar-refractivity contribution in [1.29, 1.82) is 0 Å². The van der Waals surface area contributed by atoms with Crippen molar-refractivity contribution in [2.75, 3.05) is 6.54 Å². The van der Waals surface area contributed by atoms with Gasteiger partial charge in [0.25, 0.3) is 11.5 Å². The van der Waals surface area contributed by atoms with E-state index in [0.29, 0.717) is 16.9 Å². The summed E-state index contributed by atoms with van der Waals surface area (Å²) in [4.78, 5) is 40.6. The third-order valence-electron chi connectivity index (χ3n) is 4.42. The van der Waals surface area contributed by atoms with Crippen molar-refractivity contribution >= 4 is 16.9 Å². The van der Waals surface area contributed by atoms with Crippen LogP contribution in [0.15, 0.2) is 56.7 Å². The van der Waals surface area contributed by atoms with Crippen LogP contribution in [-0.2, 0) is 6.54 Å². The number of hydrogen-bond acceptors (Lipinski definition) is 5. The minimum atomic E-state index is -0.686. The summed E-state index contributed by atoms with van der Waals surface area (Å²) >= 11 is 0. The van der Waals surface area contributed by atoms with Crippen LogP contribution >= 0.6 is 0 Å². The number of para-hydroxylation sites is 1. The van der Waals surface area contributed by atoms with E-state index in [1.54, 1.807) is 30.3 Å². The van der Waals surface area contributed by atoms with Crippen LogP contribution in [0.1, 0.15) is 34.8 Å². The summed E-state index contributed by atoms with van der Waals surface area (Å²) in [7, 11) is 0.